The van der Waals surface area contributed by atoms with E-state index >= 15 is 0 Å². The van der Waals surface area contributed by atoms with Crippen LogP contribution < -0.4 is 11.2 Å². The van der Waals surface area contributed by atoms with Gasteiger partial charge in [-0.1, -0.05) is 27.4 Å². The lowest BCUT2D eigenvalue weighted by atomic mass is 9.80. The lowest BCUT2D eigenvalue weighted by Crippen LogP contribution is -2.41. The number of carbonyl (C=O) groups excluding carboxylic acids is 2. The summed E-state index contributed by atoms with van der Waals surface area (Å²) in [6.45, 7) is 22.1. The van der Waals surface area contributed by atoms with Crippen LogP contribution in [0.15, 0.2) is 29.2 Å². The zero-order valence-corrected chi connectivity index (χ0v) is 21.7. The van der Waals surface area contributed by atoms with E-state index in [-0.39, 0.29) is 16.7 Å². The second-order valence-electron chi connectivity index (χ2n) is 11.7. The smallest absolute Gasteiger partial charge is 0.443 e. The highest BCUT2D eigenvalue weighted by Crippen LogP contribution is 2.36. The molecule has 2 aromatic heterocycles. The van der Waals surface area contributed by atoms with Crippen LogP contribution in [0.1, 0.15) is 74.0 Å². The molecule has 0 saturated carbocycles. The van der Waals surface area contributed by atoms with Crippen molar-refractivity contribution < 1.29 is 23.6 Å². The number of carbonyl (C=O) groups is 2. The molecule has 0 bridgehead atoms. The van der Waals surface area contributed by atoms with Crippen LogP contribution in [-0.2, 0) is 14.0 Å². The zero-order chi connectivity index (χ0) is 26.0. The molecule has 0 amide bonds. The number of imidazole rings is 1. The van der Waals surface area contributed by atoms with Crippen molar-refractivity contribution in [2.75, 3.05) is 0 Å². The first kappa shape index (κ1) is 25.9. The molecule has 1 saturated heterocycles. The second kappa shape index (κ2) is 7.91. The largest absolute Gasteiger partial charge is 0.496 e. The lowest BCUT2D eigenvalue weighted by molar-refractivity contribution is 0.00578. The molecule has 1 aliphatic heterocycles. The van der Waals surface area contributed by atoms with Gasteiger partial charge in [0.15, 0.2) is 5.65 Å². The first-order valence-electron chi connectivity index (χ1n) is 11.2. The molecule has 1 aliphatic rings. The summed E-state index contributed by atoms with van der Waals surface area (Å²) in [6, 6.07) is 1.58. The van der Waals surface area contributed by atoms with E-state index in [1.807, 2.05) is 48.5 Å². The zero-order valence-electron chi connectivity index (χ0n) is 21.7. The van der Waals surface area contributed by atoms with Crippen LogP contribution in [0, 0.1) is 5.41 Å². The molecule has 0 unspecified atom stereocenters. The molecular weight excluding hydrogens is 437 g/mol. The molecule has 1 fully saturated rings. The summed E-state index contributed by atoms with van der Waals surface area (Å²) in [4.78, 5) is 44.1. The van der Waals surface area contributed by atoms with Gasteiger partial charge in [0.2, 0.25) is 0 Å². The molecule has 10 heteroatoms. The van der Waals surface area contributed by atoms with Gasteiger partial charge in [-0.2, -0.15) is 4.57 Å². The third kappa shape index (κ3) is 4.48. The minimum absolute atomic E-state index is 0.00502. The number of pyridine rings is 1. The topological polar surface area (TPSA) is 102 Å². The highest BCUT2D eigenvalue weighted by atomic mass is 16.7. The summed E-state index contributed by atoms with van der Waals surface area (Å²) in [5, 5.41) is 0. The Kier molecular flexibility index (Phi) is 6.03. The van der Waals surface area contributed by atoms with Gasteiger partial charge >= 0.3 is 18.9 Å². The van der Waals surface area contributed by atoms with E-state index in [0.717, 1.165) is 9.13 Å². The molecule has 3 rings (SSSR count). The molecule has 34 heavy (non-hydrogen) atoms. The van der Waals surface area contributed by atoms with E-state index in [4.69, 9.17) is 14.0 Å². The Labute approximate surface area is 200 Å². The van der Waals surface area contributed by atoms with Gasteiger partial charge in [0.25, 0.3) is 5.91 Å². The molecule has 0 aliphatic carbocycles. The number of hydrogen-bond acceptors (Lipinski definition) is 7. The van der Waals surface area contributed by atoms with E-state index in [1.54, 1.807) is 26.8 Å². The first-order valence-corrected chi connectivity index (χ1v) is 11.2. The van der Waals surface area contributed by atoms with Gasteiger partial charge in [0, 0.05) is 17.2 Å². The minimum Gasteiger partial charge on any atom is -0.443 e. The number of nitrogens with zero attached hydrogens (tertiary/aromatic N) is 3. The summed E-state index contributed by atoms with van der Waals surface area (Å²) in [5.41, 5.74) is -2.67. The fraction of sp³-hybridized carbons (Fsp3) is 0.583. The van der Waals surface area contributed by atoms with Crippen LogP contribution in [0.2, 0.25) is 0 Å². The van der Waals surface area contributed by atoms with E-state index in [1.165, 1.54) is 6.20 Å². The molecule has 2 aromatic rings. The molecule has 0 spiro atoms. The van der Waals surface area contributed by atoms with Crippen molar-refractivity contribution in [2.45, 2.75) is 86.0 Å². The maximum atomic E-state index is 13.4. The van der Waals surface area contributed by atoms with E-state index in [2.05, 4.69) is 11.6 Å². The fourth-order valence-corrected chi connectivity index (χ4v) is 3.32. The van der Waals surface area contributed by atoms with Crippen LogP contribution in [-0.4, -0.2) is 50.0 Å². The predicted molar refractivity (Wildman–Crippen MR) is 131 cm³/mol. The van der Waals surface area contributed by atoms with Crippen molar-refractivity contribution >= 4 is 35.7 Å². The van der Waals surface area contributed by atoms with Crippen LogP contribution >= 0.6 is 0 Å². The Hall–Kier alpha value is -2.72. The number of aromatic nitrogens is 3. The summed E-state index contributed by atoms with van der Waals surface area (Å²) in [6.07, 6.45) is 0.546. The van der Waals surface area contributed by atoms with Gasteiger partial charge in [-0.05, 0) is 59.9 Å². The SMILES string of the molecule is C=C(C(=O)n1c(=O)n(C(=O)OC(C)(C)C)c2ncc(B3OC(C)(C)C(C)(C)O3)cc21)C(C)(C)C. The molecule has 184 valence electrons. The number of hydrogen-bond donors (Lipinski definition) is 0. The molecule has 0 atom stereocenters. The third-order valence-electron chi connectivity index (χ3n) is 6.17. The van der Waals surface area contributed by atoms with Crippen molar-refractivity contribution in [3.63, 3.8) is 0 Å². The first-order chi connectivity index (χ1) is 15.3. The van der Waals surface area contributed by atoms with Crippen LogP contribution in [0.25, 0.3) is 11.2 Å². The van der Waals surface area contributed by atoms with Crippen LogP contribution in [0.3, 0.4) is 0 Å². The maximum Gasteiger partial charge on any atom is 0.496 e. The van der Waals surface area contributed by atoms with Crippen molar-refractivity contribution in [3.05, 3.63) is 34.9 Å². The number of allylic oxidation sites excluding steroid dienone is 1. The monoisotopic (exact) mass is 471 g/mol. The van der Waals surface area contributed by atoms with Crippen molar-refractivity contribution in [1.29, 1.82) is 0 Å². The van der Waals surface area contributed by atoms with Crippen molar-refractivity contribution in [1.82, 2.24) is 14.1 Å². The standard InChI is InChI=1S/C24H34BN3O6/c1-14(21(2,3)4)18(29)27-16-12-15(25-33-23(8,9)24(10,11)34-25)13-26-17(16)28(19(27)30)20(31)32-22(5,6)7/h12-13H,1H2,2-11H3. The van der Waals surface area contributed by atoms with E-state index in [0.29, 0.717) is 5.46 Å². The van der Waals surface area contributed by atoms with E-state index in [9.17, 15) is 14.4 Å². The molecule has 0 radical (unpaired) electrons. The van der Waals surface area contributed by atoms with Crippen molar-refractivity contribution in [2.24, 2.45) is 5.41 Å². The van der Waals surface area contributed by atoms with Gasteiger partial charge in [-0.15, -0.1) is 0 Å². The van der Waals surface area contributed by atoms with Gasteiger partial charge in [0.1, 0.15) is 5.60 Å². The van der Waals surface area contributed by atoms with E-state index < -0.39 is 47.0 Å². The lowest BCUT2D eigenvalue weighted by Gasteiger charge is -2.32. The summed E-state index contributed by atoms with van der Waals surface area (Å²) < 4.78 is 19.3. The summed E-state index contributed by atoms with van der Waals surface area (Å²) in [5.74, 6) is -0.627. The number of rotatable bonds is 2. The maximum absolute atomic E-state index is 13.4. The molecule has 9 nitrogen and oxygen atoms in total. The highest BCUT2D eigenvalue weighted by molar-refractivity contribution is 6.62. The average Bonchev–Trinajstić information content (AvgIpc) is 3.06. The second-order valence-corrected chi connectivity index (χ2v) is 11.7. The molecule has 0 aromatic carbocycles. The minimum atomic E-state index is -0.925. The average molecular weight is 471 g/mol. The Balaban J connectivity index is 2.24. The summed E-state index contributed by atoms with van der Waals surface area (Å²) in [7, 11) is -0.767. The van der Waals surface area contributed by atoms with Gasteiger partial charge in [0.05, 0.1) is 16.7 Å². The quantitative estimate of drug-likeness (QED) is 0.488. The fourth-order valence-electron chi connectivity index (χ4n) is 3.32. The van der Waals surface area contributed by atoms with Crippen molar-refractivity contribution in [3.8, 4) is 0 Å². The third-order valence-corrected chi connectivity index (χ3v) is 6.17. The van der Waals surface area contributed by atoms with Crippen LogP contribution in [0.5, 0.6) is 0 Å². The van der Waals surface area contributed by atoms with Gasteiger partial charge in [-0.3, -0.25) is 4.79 Å². The highest BCUT2D eigenvalue weighted by Gasteiger charge is 2.52. The Morgan fingerprint density at radius 3 is 2.03 bits per heavy atom. The van der Waals surface area contributed by atoms with Gasteiger partial charge in [-0.25, -0.2) is 19.1 Å². The Morgan fingerprint density at radius 2 is 1.56 bits per heavy atom. The van der Waals surface area contributed by atoms with Gasteiger partial charge < -0.3 is 14.0 Å². The molecule has 0 N–H and O–H groups in total. The molecule has 3 heterocycles. The Bertz CT molecular complexity index is 1220. The predicted octanol–water partition coefficient (Wildman–Crippen LogP) is 3.52. The number of fused-ring (bicyclic) bond motifs is 1. The Morgan fingerprint density at radius 1 is 1.03 bits per heavy atom. The summed E-state index contributed by atoms with van der Waals surface area (Å²) >= 11 is 0. The van der Waals surface area contributed by atoms with Crippen LogP contribution in [0.4, 0.5) is 4.79 Å². The number of ether oxygens (including phenoxy) is 1. The molecular formula is C24H34BN3O6. The normalized spacial score (nSPS) is 17.8.